The normalized spacial score (nSPS) is 18.6. The van der Waals surface area contributed by atoms with Crippen LogP contribution in [0.15, 0.2) is 48.7 Å². The van der Waals surface area contributed by atoms with Crippen molar-refractivity contribution in [2.24, 2.45) is 0 Å². The number of aromatic nitrogens is 1. The Morgan fingerprint density at radius 1 is 0.893 bits per heavy atom. The van der Waals surface area contributed by atoms with Gasteiger partial charge >= 0.3 is 0 Å². The van der Waals surface area contributed by atoms with Crippen LogP contribution in [0.3, 0.4) is 0 Å². The van der Waals surface area contributed by atoms with E-state index in [-0.39, 0.29) is 0 Å². The van der Waals surface area contributed by atoms with Crippen molar-refractivity contribution in [2.45, 2.75) is 19.6 Å². The fraction of sp³-hybridized carbons (Fsp3) is 0.391. The molecule has 0 amide bonds. The Balaban J connectivity index is 1.33. The van der Waals surface area contributed by atoms with Crippen LogP contribution in [0.1, 0.15) is 16.7 Å². The van der Waals surface area contributed by atoms with Crippen LogP contribution in [0.5, 0.6) is 5.75 Å². The van der Waals surface area contributed by atoms with Crippen LogP contribution in [-0.2, 0) is 24.4 Å². The zero-order valence-electron chi connectivity index (χ0n) is 16.2. The van der Waals surface area contributed by atoms with Gasteiger partial charge in [-0.3, -0.25) is 9.80 Å². The van der Waals surface area contributed by atoms with E-state index in [0.29, 0.717) is 0 Å². The molecule has 0 atom stereocenters. The first-order chi connectivity index (χ1) is 13.8. The first kappa shape index (κ1) is 17.7. The second-order valence-corrected chi connectivity index (χ2v) is 7.75. The molecule has 3 heterocycles. The summed E-state index contributed by atoms with van der Waals surface area (Å²) in [6, 6.07) is 15.2. The summed E-state index contributed by atoms with van der Waals surface area (Å²) in [5.41, 5.74) is 5.21. The summed E-state index contributed by atoms with van der Waals surface area (Å²) in [7, 11) is 0. The smallest absolute Gasteiger partial charge is 0.123 e. The molecule has 0 unspecified atom stereocenters. The van der Waals surface area contributed by atoms with Crippen molar-refractivity contribution < 1.29 is 9.47 Å². The Morgan fingerprint density at radius 2 is 1.75 bits per heavy atom. The highest BCUT2D eigenvalue weighted by molar-refractivity contribution is 5.82. The highest BCUT2D eigenvalue weighted by Gasteiger charge is 2.18. The maximum Gasteiger partial charge on any atom is 0.123 e. The third-order valence-corrected chi connectivity index (χ3v) is 5.76. The summed E-state index contributed by atoms with van der Waals surface area (Å²) in [5.74, 6) is 1.03. The minimum absolute atomic E-state index is 0.734. The molecule has 2 aliphatic heterocycles. The number of benzene rings is 2. The third kappa shape index (κ3) is 3.78. The van der Waals surface area contributed by atoms with Gasteiger partial charge in [0.05, 0.1) is 13.2 Å². The van der Waals surface area contributed by atoms with Crippen LogP contribution in [0.25, 0.3) is 10.9 Å². The molecular formula is C23H27N3O2. The van der Waals surface area contributed by atoms with Crippen LogP contribution < -0.4 is 4.74 Å². The number of nitrogens with one attached hydrogen (secondary N) is 1. The van der Waals surface area contributed by atoms with Gasteiger partial charge in [-0.1, -0.05) is 24.3 Å². The fourth-order valence-corrected chi connectivity index (χ4v) is 4.26. The molecule has 0 aliphatic carbocycles. The van der Waals surface area contributed by atoms with Crippen LogP contribution in [0.2, 0.25) is 0 Å². The Morgan fingerprint density at radius 3 is 2.68 bits per heavy atom. The van der Waals surface area contributed by atoms with Gasteiger partial charge in [0.1, 0.15) is 12.4 Å². The van der Waals surface area contributed by atoms with Crippen LogP contribution in [-0.4, -0.2) is 54.2 Å². The number of morpholine rings is 1. The van der Waals surface area contributed by atoms with E-state index >= 15 is 0 Å². The molecule has 1 fully saturated rings. The van der Waals surface area contributed by atoms with Crippen molar-refractivity contribution in [3.05, 3.63) is 65.4 Å². The van der Waals surface area contributed by atoms with Gasteiger partial charge in [-0.05, 0) is 29.3 Å². The standard InChI is InChI=1S/C23H27N3O2/c1-2-4-22-21(3-1)20(14-24-22)17-26-9-12-28-23-6-5-18(13-19(23)16-26)15-25-7-10-27-11-8-25/h1-6,13-14,24H,7-12,15-17H2. The summed E-state index contributed by atoms with van der Waals surface area (Å²) < 4.78 is 11.5. The van der Waals surface area contributed by atoms with Crippen molar-refractivity contribution in [3.63, 3.8) is 0 Å². The number of para-hydroxylation sites is 1. The summed E-state index contributed by atoms with van der Waals surface area (Å²) in [5, 5.41) is 1.31. The number of rotatable bonds is 4. The van der Waals surface area contributed by atoms with Gasteiger partial charge in [0.2, 0.25) is 0 Å². The van der Waals surface area contributed by atoms with Crippen LogP contribution >= 0.6 is 0 Å². The average molecular weight is 377 g/mol. The molecule has 0 bridgehead atoms. The largest absolute Gasteiger partial charge is 0.492 e. The van der Waals surface area contributed by atoms with E-state index in [4.69, 9.17) is 9.47 Å². The minimum Gasteiger partial charge on any atom is -0.492 e. The highest BCUT2D eigenvalue weighted by Crippen LogP contribution is 2.27. The Hall–Kier alpha value is -2.34. The molecule has 1 saturated heterocycles. The Labute approximate surface area is 165 Å². The van der Waals surface area contributed by atoms with E-state index in [0.717, 1.165) is 64.8 Å². The summed E-state index contributed by atoms with van der Waals surface area (Å²) >= 11 is 0. The number of hydrogen-bond donors (Lipinski definition) is 1. The van der Waals surface area contributed by atoms with Gasteiger partial charge in [0, 0.05) is 61.9 Å². The van der Waals surface area contributed by atoms with E-state index in [1.165, 1.54) is 27.6 Å². The topological polar surface area (TPSA) is 40.7 Å². The molecule has 5 rings (SSSR count). The number of aromatic amines is 1. The van der Waals surface area contributed by atoms with Gasteiger partial charge in [0.25, 0.3) is 0 Å². The molecule has 2 aliphatic rings. The molecule has 5 nitrogen and oxygen atoms in total. The van der Waals surface area contributed by atoms with Gasteiger partial charge in [-0.15, -0.1) is 0 Å². The summed E-state index contributed by atoms with van der Waals surface area (Å²) in [6.45, 7) is 8.22. The van der Waals surface area contributed by atoms with Gasteiger partial charge in [-0.2, -0.15) is 0 Å². The highest BCUT2D eigenvalue weighted by atomic mass is 16.5. The summed E-state index contributed by atoms with van der Waals surface area (Å²) in [4.78, 5) is 8.34. The molecule has 146 valence electrons. The number of ether oxygens (including phenoxy) is 2. The lowest BCUT2D eigenvalue weighted by Crippen LogP contribution is -2.35. The molecule has 1 aromatic heterocycles. The van der Waals surface area contributed by atoms with Crippen molar-refractivity contribution in [2.75, 3.05) is 39.5 Å². The first-order valence-corrected chi connectivity index (χ1v) is 10.2. The number of H-pyrrole nitrogens is 1. The van der Waals surface area contributed by atoms with Crippen molar-refractivity contribution in [1.29, 1.82) is 0 Å². The molecule has 28 heavy (non-hydrogen) atoms. The van der Waals surface area contributed by atoms with Gasteiger partial charge in [0.15, 0.2) is 0 Å². The average Bonchev–Trinajstić information content (AvgIpc) is 3.02. The maximum absolute atomic E-state index is 6.05. The zero-order chi connectivity index (χ0) is 18.8. The number of nitrogens with zero attached hydrogens (tertiary/aromatic N) is 2. The van der Waals surface area contributed by atoms with Crippen LogP contribution in [0, 0.1) is 0 Å². The predicted octanol–water partition coefficient (Wildman–Crippen LogP) is 3.39. The van der Waals surface area contributed by atoms with E-state index in [9.17, 15) is 0 Å². The molecule has 0 spiro atoms. The zero-order valence-corrected chi connectivity index (χ0v) is 16.2. The SMILES string of the molecule is c1ccc2c(CN3CCOc4ccc(CN5CCOCC5)cc4C3)c[nH]c2c1. The molecule has 2 aromatic carbocycles. The first-order valence-electron chi connectivity index (χ1n) is 10.2. The molecule has 1 N–H and O–H groups in total. The van der Waals surface area contributed by atoms with E-state index in [1.54, 1.807) is 0 Å². The van der Waals surface area contributed by atoms with E-state index in [2.05, 4.69) is 63.4 Å². The van der Waals surface area contributed by atoms with Gasteiger partial charge in [-0.25, -0.2) is 0 Å². The maximum atomic E-state index is 6.05. The lowest BCUT2D eigenvalue weighted by atomic mass is 10.1. The third-order valence-electron chi connectivity index (χ3n) is 5.76. The van der Waals surface area contributed by atoms with Crippen molar-refractivity contribution in [1.82, 2.24) is 14.8 Å². The molecule has 5 heteroatoms. The molecule has 0 saturated carbocycles. The monoisotopic (exact) mass is 377 g/mol. The second kappa shape index (κ2) is 7.95. The van der Waals surface area contributed by atoms with E-state index < -0.39 is 0 Å². The molecule has 0 radical (unpaired) electrons. The van der Waals surface area contributed by atoms with Crippen molar-refractivity contribution in [3.8, 4) is 5.75 Å². The predicted molar refractivity (Wildman–Crippen MR) is 110 cm³/mol. The lowest BCUT2D eigenvalue weighted by molar-refractivity contribution is 0.0342. The van der Waals surface area contributed by atoms with E-state index in [1.807, 2.05) is 0 Å². The van der Waals surface area contributed by atoms with Crippen molar-refractivity contribution >= 4 is 10.9 Å². The molecule has 3 aromatic rings. The lowest BCUT2D eigenvalue weighted by Gasteiger charge is -2.27. The minimum atomic E-state index is 0.734. The fourth-order valence-electron chi connectivity index (χ4n) is 4.26. The molecular weight excluding hydrogens is 350 g/mol. The second-order valence-electron chi connectivity index (χ2n) is 7.75. The number of fused-ring (bicyclic) bond motifs is 2. The van der Waals surface area contributed by atoms with Gasteiger partial charge < -0.3 is 14.5 Å². The Kier molecular flexibility index (Phi) is 5.04. The summed E-state index contributed by atoms with van der Waals surface area (Å²) in [6.07, 6.45) is 2.15. The Bertz CT molecular complexity index is 946. The number of hydrogen-bond acceptors (Lipinski definition) is 4. The quantitative estimate of drug-likeness (QED) is 0.757. The van der Waals surface area contributed by atoms with Crippen LogP contribution in [0.4, 0.5) is 0 Å².